The summed E-state index contributed by atoms with van der Waals surface area (Å²) < 4.78 is 0. The molecule has 0 aromatic heterocycles. The number of hydrogen-bond acceptors (Lipinski definition) is 3. The molecule has 62 valence electrons. The summed E-state index contributed by atoms with van der Waals surface area (Å²) in [5, 5.41) is 0. The topological polar surface area (TPSA) is 0 Å². The zero-order valence-electron chi connectivity index (χ0n) is 6.79. The number of hydrogen-bond donors (Lipinski definition) is 0. The Morgan fingerprint density at radius 1 is 0.800 bits per heavy atom. The molecular weight excluding hydrogens is 243 g/mol. The van der Waals surface area contributed by atoms with Crippen molar-refractivity contribution in [3.63, 3.8) is 0 Å². The van der Waals surface area contributed by atoms with Crippen LogP contribution in [0.2, 0.25) is 0 Å². The van der Waals surface area contributed by atoms with Crippen molar-refractivity contribution in [3.8, 4) is 0 Å². The van der Waals surface area contributed by atoms with Crippen molar-refractivity contribution in [2.75, 3.05) is 17.3 Å². The molecule has 0 rings (SSSR count). The van der Waals surface area contributed by atoms with Gasteiger partial charge in [0.05, 0.1) is 0 Å². The third-order valence-electron chi connectivity index (χ3n) is 0.704. The predicted octanol–water partition coefficient (Wildman–Crippen LogP) is 3.23. The van der Waals surface area contributed by atoms with Crippen molar-refractivity contribution < 1.29 is 0 Å². The number of rotatable bonds is 6. The Bertz CT molecular complexity index is 55.7. The predicted molar refractivity (Wildman–Crippen MR) is 60.2 cm³/mol. The average molecular weight is 258 g/mol. The van der Waals surface area contributed by atoms with E-state index in [4.69, 9.17) is 0 Å². The van der Waals surface area contributed by atoms with Crippen LogP contribution in [0.4, 0.5) is 0 Å². The Morgan fingerprint density at radius 2 is 1.10 bits per heavy atom. The van der Waals surface area contributed by atoms with E-state index >= 15 is 0 Å². The second-order valence-corrected chi connectivity index (χ2v) is 19.1. The average Bonchev–Trinajstić information content (AvgIpc) is 1.90. The van der Waals surface area contributed by atoms with Crippen LogP contribution in [-0.4, -0.2) is 28.4 Å². The van der Waals surface area contributed by atoms with Gasteiger partial charge >= 0.3 is 79.3 Å². The van der Waals surface area contributed by atoms with Gasteiger partial charge in [-0.05, 0) is 0 Å². The quantitative estimate of drug-likeness (QED) is 0.671. The van der Waals surface area contributed by atoms with Gasteiger partial charge < -0.3 is 0 Å². The second-order valence-electron chi connectivity index (χ2n) is 1.48. The summed E-state index contributed by atoms with van der Waals surface area (Å²) in [6.07, 6.45) is 0. The first-order valence-electron chi connectivity index (χ1n) is 3.54. The maximum atomic E-state index is 2.26. The summed E-state index contributed by atoms with van der Waals surface area (Å²) in [4.78, 5) is 0. The third kappa shape index (κ3) is 6.33. The normalized spacial score (nSPS) is 10.8. The molecule has 0 unspecified atom stereocenters. The van der Waals surface area contributed by atoms with Crippen LogP contribution in [0, 0.1) is 0 Å². The van der Waals surface area contributed by atoms with Crippen molar-refractivity contribution >= 4 is 41.3 Å². The van der Waals surface area contributed by atoms with Crippen LogP contribution >= 0.6 is 30.1 Å². The first kappa shape index (κ1) is 11.6. The van der Waals surface area contributed by atoms with Gasteiger partial charge in [0.2, 0.25) is 0 Å². The summed E-state index contributed by atoms with van der Waals surface area (Å²) in [6, 6.07) is 0. The van der Waals surface area contributed by atoms with Gasteiger partial charge in [0.25, 0.3) is 0 Å². The van der Waals surface area contributed by atoms with Gasteiger partial charge in [-0.2, -0.15) is 0 Å². The molecule has 0 bridgehead atoms. The molecule has 0 aromatic rings. The van der Waals surface area contributed by atoms with Crippen LogP contribution in [0.15, 0.2) is 0 Å². The van der Waals surface area contributed by atoms with E-state index in [0.29, 0.717) is 0 Å². The Morgan fingerprint density at radius 3 is 1.30 bits per heavy atom. The van der Waals surface area contributed by atoms with Crippen LogP contribution in [0.25, 0.3) is 0 Å². The van der Waals surface area contributed by atoms with Gasteiger partial charge in [-0.3, -0.25) is 0 Å². The van der Waals surface area contributed by atoms with E-state index in [1.807, 2.05) is 0 Å². The molecule has 0 aliphatic rings. The minimum absolute atomic E-state index is 0.547. The van der Waals surface area contributed by atoms with Crippen LogP contribution in [0.3, 0.4) is 0 Å². The molecule has 0 saturated heterocycles. The summed E-state index contributed by atoms with van der Waals surface area (Å²) in [5.74, 6) is 3.92. The van der Waals surface area contributed by atoms with E-state index in [0.717, 1.165) is 0 Å². The summed E-state index contributed by atoms with van der Waals surface area (Å²) >= 11 is -0.547. The van der Waals surface area contributed by atoms with Crippen LogP contribution in [0.1, 0.15) is 20.8 Å². The first-order valence-corrected chi connectivity index (χ1v) is 13.3. The van der Waals surface area contributed by atoms with Gasteiger partial charge in [0, 0.05) is 0 Å². The van der Waals surface area contributed by atoms with Crippen molar-refractivity contribution in [2.45, 2.75) is 20.8 Å². The first-order chi connectivity index (χ1) is 4.85. The van der Waals surface area contributed by atoms with Crippen LogP contribution in [0.5, 0.6) is 0 Å². The Kier molecular flexibility index (Phi) is 10.1. The van der Waals surface area contributed by atoms with Gasteiger partial charge in [-0.1, -0.05) is 0 Å². The fourth-order valence-electron chi connectivity index (χ4n) is 0.428. The summed E-state index contributed by atoms with van der Waals surface area (Å²) in [7, 11) is 6.59. The van der Waals surface area contributed by atoms with Gasteiger partial charge in [0.15, 0.2) is 0 Å². The Labute approximate surface area is 78.9 Å². The SMILES string of the molecule is CCS[As](SCC)SCC. The van der Waals surface area contributed by atoms with Crippen molar-refractivity contribution in [3.05, 3.63) is 0 Å². The van der Waals surface area contributed by atoms with Gasteiger partial charge in [-0.15, -0.1) is 0 Å². The van der Waals surface area contributed by atoms with Gasteiger partial charge in [-0.25, -0.2) is 0 Å². The second kappa shape index (κ2) is 8.70. The van der Waals surface area contributed by atoms with Gasteiger partial charge in [0.1, 0.15) is 0 Å². The molecule has 0 aliphatic carbocycles. The molecule has 0 amide bonds. The van der Waals surface area contributed by atoms with E-state index < -0.39 is 11.2 Å². The summed E-state index contributed by atoms with van der Waals surface area (Å²) in [5.41, 5.74) is 0. The van der Waals surface area contributed by atoms with E-state index in [9.17, 15) is 0 Å². The molecule has 0 fully saturated rings. The Hall–Kier alpha value is 1.61. The standard InChI is InChI=1S/C6H15AsS3/c1-4-8-7(9-5-2)10-6-3/h4-6H2,1-3H3. The van der Waals surface area contributed by atoms with E-state index in [1.54, 1.807) is 0 Å². The van der Waals surface area contributed by atoms with Crippen LogP contribution < -0.4 is 0 Å². The van der Waals surface area contributed by atoms with Crippen molar-refractivity contribution in [2.24, 2.45) is 0 Å². The molecular formula is C6H15AsS3. The molecule has 10 heavy (non-hydrogen) atoms. The molecule has 0 spiro atoms. The molecule has 0 aromatic carbocycles. The monoisotopic (exact) mass is 258 g/mol. The third-order valence-corrected chi connectivity index (χ3v) is 20.8. The molecule has 0 aliphatic heterocycles. The zero-order valence-corrected chi connectivity index (χ0v) is 11.1. The van der Waals surface area contributed by atoms with Crippen molar-refractivity contribution in [1.82, 2.24) is 0 Å². The molecule has 0 N–H and O–H groups in total. The molecule has 4 heteroatoms. The van der Waals surface area contributed by atoms with Crippen molar-refractivity contribution in [1.29, 1.82) is 0 Å². The van der Waals surface area contributed by atoms with E-state index in [2.05, 4.69) is 50.8 Å². The zero-order chi connectivity index (χ0) is 7.82. The fourth-order valence-corrected chi connectivity index (χ4v) is 20.0. The molecule has 0 saturated carbocycles. The fraction of sp³-hybridized carbons (Fsp3) is 1.00. The molecule has 0 nitrogen and oxygen atoms in total. The molecule has 0 heterocycles. The molecule has 0 atom stereocenters. The Balaban J connectivity index is 3.30. The summed E-state index contributed by atoms with van der Waals surface area (Å²) in [6.45, 7) is 6.79. The maximum absolute atomic E-state index is 2.26. The van der Waals surface area contributed by atoms with E-state index in [-0.39, 0.29) is 0 Å². The molecule has 0 radical (unpaired) electrons. The van der Waals surface area contributed by atoms with Crippen LogP contribution in [-0.2, 0) is 0 Å². The minimum atomic E-state index is -0.547. The van der Waals surface area contributed by atoms with E-state index in [1.165, 1.54) is 17.3 Å².